The highest BCUT2D eigenvalue weighted by atomic mass is 35.5. The molecule has 1 amide bonds. The summed E-state index contributed by atoms with van der Waals surface area (Å²) in [6.45, 7) is 2.11. The second-order valence-electron chi connectivity index (χ2n) is 6.55. The van der Waals surface area contributed by atoms with Crippen molar-refractivity contribution in [1.82, 2.24) is 10.0 Å². The maximum Gasteiger partial charge on any atom is 0.251 e. The number of nitrogens with one attached hydrogen (secondary N) is 2. The Balaban J connectivity index is 1.76. The average Bonchev–Trinajstić information content (AvgIpc) is 3.46. The molecule has 2 aromatic rings. The lowest BCUT2D eigenvalue weighted by atomic mass is 10.1. The Bertz CT molecular complexity index is 896. The fourth-order valence-corrected chi connectivity index (χ4v) is 4.25. The summed E-state index contributed by atoms with van der Waals surface area (Å²) >= 11 is 6.08. The molecule has 0 saturated heterocycles. The van der Waals surface area contributed by atoms with Gasteiger partial charge in [-0.15, -0.1) is 0 Å². The van der Waals surface area contributed by atoms with Gasteiger partial charge in [0.15, 0.2) is 0 Å². The molecule has 1 unspecified atom stereocenters. The first-order valence-corrected chi connectivity index (χ1v) is 10.4. The zero-order chi connectivity index (χ0) is 18.7. The fraction of sp³-hybridized carbons (Fsp3) is 0.316. The van der Waals surface area contributed by atoms with E-state index in [0.29, 0.717) is 5.92 Å². The molecule has 5 nitrogen and oxygen atoms in total. The Morgan fingerprint density at radius 3 is 2.54 bits per heavy atom. The van der Waals surface area contributed by atoms with E-state index < -0.39 is 10.0 Å². The van der Waals surface area contributed by atoms with E-state index >= 15 is 0 Å². The van der Waals surface area contributed by atoms with Crippen molar-refractivity contribution in [1.29, 1.82) is 0 Å². The van der Waals surface area contributed by atoms with Crippen molar-refractivity contribution in [3.63, 3.8) is 0 Å². The molecular formula is C19H21ClN2O3S. The Hall–Kier alpha value is -1.89. The molecule has 1 fully saturated rings. The van der Waals surface area contributed by atoms with Crippen LogP contribution in [0.25, 0.3) is 0 Å². The number of hydrogen-bond donors (Lipinski definition) is 2. The maximum atomic E-state index is 12.6. The third-order valence-corrected chi connectivity index (χ3v) is 6.36. The summed E-state index contributed by atoms with van der Waals surface area (Å²) in [6, 6.07) is 13.6. The Morgan fingerprint density at radius 1 is 1.19 bits per heavy atom. The highest BCUT2D eigenvalue weighted by molar-refractivity contribution is 7.89. The van der Waals surface area contributed by atoms with E-state index in [2.05, 4.69) is 10.0 Å². The smallest absolute Gasteiger partial charge is 0.251 e. The van der Waals surface area contributed by atoms with Gasteiger partial charge in [-0.1, -0.05) is 41.9 Å². The van der Waals surface area contributed by atoms with E-state index in [1.165, 1.54) is 18.2 Å². The molecule has 2 aromatic carbocycles. The number of sulfonamides is 1. The van der Waals surface area contributed by atoms with Gasteiger partial charge >= 0.3 is 0 Å². The van der Waals surface area contributed by atoms with Gasteiger partial charge in [0, 0.05) is 18.2 Å². The van der Waals surface area contributed by atoms with E-state index in [9.17, 15) is 13.2 Å². The molecule has 0 spiro atoms. The van der Waals surface area contributed by atoms with Crippen LogP contribution in [0.2, 0.25) is 5.02 Å². The molecule has 3 rings (SSSR count). The van der Waals surface area contributed by atoms with Gasteiger partial charge < -0.3 is 5.32 Å². The summed E-state index contributed by atoms with van der Waals surface area (Å²) in [4.78, 5) is 12.3. The van der Waals surface area contributed by atoms with Gasteiger partial charge in [-0.3, -0.25) is 4.79 Å². The van der Waals surface area contributed by atoms with Crippen molar-refractivity contribution in [3.05, 3.63) is 64.7 Å². The number of carbonyl (C=O) groups excluding carboxylic acids is 1. The van der Waals surface area contributed by atoms with Crippen molar-refractivity contribution < 1.29 is 13.2 Å². The lowest BCUT2D eigenvalue weighted by Gasteiger charge is -2.14. The Labute approximate surface area is 158 Å². The summed E-state index contributed by atoms with van der Waals surface area (Å²) in [5.41, 5.74) is 1.11. The predicted octanol–water partition coefficient (Wildman–Crippen LogP) is 3.35. The lowest BCUT2D eigenvalue weighted by Crippen LogP contribution is -2.34. The normalized spacial score (nSPS) is 15.5. The van der Waals surface area contributed by atoms with Gasteiger partial charge in [0.1, 0.15) is 4.90 Å². The standard InChI is InChI=1S/C19H21ClN2O3S/c1-13(15-7-8-15)22-19(23)16-9-10-17(20)18(11-16)26(24,25)21-12-14-5-3-2-4-6-14/h2-6,9-11,13,15,21H,7-8,12H2,1H3,(H,22,23). The van der Waals surface area contributed by atoms with Gasteiger partial charge in [0.2, 0.25) is 10.0 Å². The lowest BCUT2D eigenvalue weighted by molar-refractivity contribution is 0.0935. The molecule has 0 aliphatic heterocycles. The molecule has 0 radical (unpaired) electrons. The minimum atomic E-state index is -3.84. The topological polar surface area (TPSA) is 75.3 Å². The SMILES string of the molecule is CC(NC(=O)c1ccc(Cl)c(S(=O)(=O)NCc2ccccc2)c1)C1CC1. The van der Waals surface area contributed by atoms with Crippen LogP contribution in [0.3, 0.4) is 0 Å². The summed E-state index contributed by atoms with van der Waals surface area (Å²) in [5, 5.41) is 3.00. The maximum absolute atomic E-state index is 12.6. The summed E-state index contributed by atoms with van der Waals surface area (Å²) in [6.07, 6.45) is 2.23. The number of benzene rings is 2. The van der Waals surface area contributed by atoms with E-state index in [4.69, 9.17) is 11.6 Å². The highest BCUT2D eigenvalue weighted by Crippen LogP contribution is 2.32. The molecule has 2 N–H and O–H groups in total. The molecule has 7 heteroatoms. The first-order chi connectivity index (χ1) is 12.4. The second-order valence-corrected chi connectivity index (χ2v) is 8.70. The fourth-order valence-electron chi connectivity index (χ4n) is 2.71. The minimum absolute atomic E-state index is 0.0782. The van der Waals surface area contributed by atoms with Crippen molar-refractivity contribution in [2.45, 2.75) is 37.2 Å². The number of carbonyl (C=O) groups is 1. The first-order valence-electron chi connectivity index (χ1n) is 8.51. The molecule has 26 heavy (non-hydrogen) atoms. The van der Waals surface area contributed by atoms with Crippen LogP contribution in [0.15, 0.2) is 53.4 Å². The molecule has 0 heterocycles. The van der Waals surface area contributed by atoms with E-state index in [-0.39, 0.29) is 34.0 Å². The minimum Gasteiger partial charge on any atom is -0.349 e. The molecule has 1 saturated carbocycles. The Morgan fingerprint density at radius 2 is 1.88 bits per heavy atom. The third kappa shape index (κ3) is 4.63. The van der Waals surface area contributed by atoms with Crippen LogP contribution in [0, 0.1) is 5.92 Å². The van der Waals surface area contributed by atoms with Crippen LogP contribution >= 0.6 is 11.6 Å². The largest absolute Gasteiger partial charge is 0.349 e. The molecule has 0 bridgehead atoms. The van der Waals surface area contributed by atoms with Gasteiger partial charge in [0.05, 0.1) is 5.02 Å². The van der Waals surface area contributed by atoms with E-state index in [0.717, 1.165) is 18.4 Å². The highest BCUT2D eigenvalue weighted by Gasteiger charge is 2.29. The molecular weight excluding hydrogens is 372 g/mol. The number of halogens is 1. The Kier molecular flexibility index (Phi) is 5.65. The van der Waals surface area contributed by atoms with Crippen LogP contribution in [0.5, 0.6) is 0 Å². The predicted molar refractivity (Wildman–Crippen MR) is 102 cm³/mol. The molecule has 1 aliphatic carbocycles. The zero-order valence-electron chi connectivity index (χ0n) is 14.4. The van der Waals surface area contributed by atoms with Gasteiger partial charge in [-0.05, 0) is 49.4 Å². The molecule has 0 aromatic heterocycles. The van der Waals surface area contributed by atoms with Crippen LogP contribution in [-0.4, -0.2) is 20.4 Å². The average molecular weight is 393 g/mol. The monoisotopic (exact) mass is 392 g/mol. The molecule has 1 aliphatic rings. The van der Waals surface area contributed by atoms with E-state index in [1.54, 1.807) is 0 Å². The molecule has 138 valence electrons. The number of hydrogen-bond acceptors (Lipinski definition) is 3. The first kappa shape index (κ1) is 18.9. The molecule has 1 atom stereocenters. The van der Waals surface area contributed by atoms with Crippen molar-refractivity contribution in [2.75, 3.05) is 0 Å². The van der Waals surface area contributed by atoms with Crippen molar-refractivity contribution >= 4 is 27.5 Å². The van der Waals surface area contributed by atoms with Gasteiger partial charge in [-0.2, -0.15) is 0 Å². The summed E-state index contributed by atoms with van der Waals surface area (Å²) < 4.78 is 27.8. The van der Waals surface area contributed by atoms with Crippen LogP contribution < -0.4 is 10.0 Å². The third-order valence-electron chi connectivity index (χ3n) is 4.48. The number of amides is 1. The zero-order valence-corrected chi connectivity index (χ0v) is 16.0. The van der Waals surface area contributed by atoms with Crippen molar-refractivity contribution in [3.8, 4) is 0 Å². The van der Waals surface area contributed by atoms with Crippen LogP contribution in [0.1, 0.15) is 35.7 Å². The summed E-state index contributed by atoms with van der Waals surface area (Å²) in [5.74, 6) is 0.225. The second kappa shape index (κ2) is 7.78. The van der Waals surface area contributed by atoms with Gasteiger partial charge in [-0.25, -0.2) is 13.1 Å². The summed E-state index contributed by atoms with van der Waals surface area (Å²) in [7, 11) is -3.84. The van der Waals surface area contributed by atoms with E-state index in [1.807, 2.05) is 37.3 Å². The van der Waals surface area contributed by atoms with Crippen molar-refractivity contribution in [2.24, 2.45) is 5.92 Å². The van der Waals surface area contributed by atoms with Gasteiger partial charge in [0.25, 0.3) is 5.91 Å². The quantitative estimate of drug-likeness (QED) is 0.758. The number of rotatable bonds is 7. The van der Waals surface area contributed by atoms with Crippen LogP contribution in [-0.2, 0) is 16.6 Å². The van der Waals surface area contributed by atoms with Crippen LogP contribution in [0.4, 0.5) is 0 Å².